The minimum Gasteiger partial charge on any atom is -0.483 e. The van der Waals surface area contributed by atoms with Gasteiger partial charge in [0, 0.05) is 12.5 Å². The first kappa shape index (κ1) is 31.9. The molecular weight excluding hydrogens is 608 g/mol. The fourth-order valence-electron chi connectivity index (χ4n) is 6.08. The largest absolute Gasteiger partial charge is 0.483 e. The van der Waals surface area contributed by atoms with Gasteiger partial charge >= 0.3 is 0 Å². The number of nitrogens with one attached hydrogen (secondary N) is 2. The lowest BCUT2D eigenvalue weighted by molar-refractivity contribution is -0.122. The molecule has 5 aromatic rings. The van der Waals surface area contributed by atoms with Gasteiger partial charge in [0.1, 0.15) is 12.2 Å². The number of ether oxygens (including phenoxy) is 1. The predicted octanol–water partition coefficient (Wildman–Crippen LogP) is 1.61. The van der Waals surface area contributed by atoms with E-state index in [1.807, 2.05) is 36.4 Å². The van der Waals surface area contributed by atoms with E-state index < -0.39 is 30.6 Å². The van der Waals surface area contributed by atoms with Gasteiger partial charge in [0.2, 0.25) is 11.8 Å². The fourth-order valence-corrected chi connectivity index (χ4v) is 6.08. The van der Waals surface area contributed by atoms with Crippen LogP contribution in [0.25, 0.3) is 11.2 Å². The van der Waals surface area contributed by atoms with Crippen molar-refractivity contribution in [3.05, 3.63) is 83.9 Å². The Hall–Kier alpha value is -5.03. The Labute approximate surface area is 269 Å². The number of fused-ring (bicyclic) bond motifs is 1. The summed E-state index contributed by atoms with van der Waals surface area (Å²) in [5.74, 6) is 0.978. The maximum absolute atomic E-state index is 11.0. The molecular formula is C31H36N10O6. The molecule has 246 valence electrons. The van der Waals surface area contributed by atoms with E-state index in [0.29, 0.717) is 35.9 Å². The second-order valence-electron chi connectivity index (χ2n) is 11.4. The number of carboxylic acid groups (broad SMARTS) is 1. The predicted molar refractivity (Wildman–Crippen MR) is 168 cm³/mol. The Balaban J connectivity index is 0.00000124. The smallest absolute Gasteiger partial charge is 0.290 e. The number of imidazole rings is 1. The molecule has 4 heterocycles. The van der Waals surface area contributed by atoms with E-state index in [0.717, 1.165) is 24.0 Å². The summed E-state index contributed by atoms with van der Waals surface area (Å²) in [7, 11) is 1.61. The first-order chi connectivity index (χ1) is 22.9. The highest BCUT2D eigenvalue weighted by molar-refractivity contribution is 5.84. The second kappa shape index (κ2) is 14.2. The summed E-state index contributed by atoms with van der Waals surface area (Å²) in [4.78, 5) is 23.8. The van der Waals surface area contributed by atoms with Crippen LogP contribution in [-0.4, -0.2) is 97.5 Å². The van der Waals surface area contributed by atoms with E-state index in [9.17, 15) is 15.3 Å². The highest BCUT2D eigenvalue weighted by atomic mass is 16.6. The molecule has 0 unspecified atom stereocenters. The summed E-state index contributed by atoms with van der Waals surface area (Å²) in [5, 5.41) is 58.0. The molecule has 0 radical (unpaired) electrons. The van der Waals surface area contributed by atoms with Crippen LogP contribution in [0.15, 0.2) is 67.0 Å². The number of carbonyl (C=O) groups is 1. The van der Waals surface area contributed by atoms with E-state index in [1.165, 1.54) is 11.1 Å². The van der Waals surface area contributed by atoms with Gasteiger partial charge < -0.3 is 35.8 Å². The topological polar surface area (TPSA) is 218 Å². The molecule has 1 saturated heterocycles. The van der Waals surface area contributed by atoms with Crippen molar-refractivity contribution < 1.29 is 30.0 Å². The molecule has 16 nitrogen and oxygen atoms in total. The van der Waals surface area contributed by atoms with Gasteiger partial charge in [-0.3, -0.25) is 9.36 Å². The lowest BCUT2D eigenvalue weighted by atomic mass is 9.91. The van der Waals surface area contributed by atoms with E-state index in [2.05, 4.69) is 55.3 Å². The normalized spacial score (nSPS) is 23.9. The summed E-state index contributed by atoms with van der Waals surface area (Å²) in [5.41, 5.74) is 3.15. The van der Waals surface area contributed by atoms with Crippen molar-refractivity contribution >= 4 is 29.4 Å². The van der Waals surface area contributed by atoms with Crippen LogP contribution in [0.2, 0.25) is 0 Å². The zero-order chi connectivity index (χ0) is 32.9. The SMILES string of the molecule is Cn1nnc([C@H]2O[C@@H](n3cnc4c(NCC(c5ccccc5)c5ccccc5)nc(N[C@@H]5CCC[C@H]5O)nc43)[C@H](O)[C@@H]2O)n1.O=CO. The number of benzene rings is 2. The number of nitrogens with zero attached hydrogens (tertiary/aromatic N) is 8. The van der Waals surface area contributed by atoms with Crippen molar-refractivity contribution in [1.82, 2.24) is 39.7 Å². The van der Waals surface area contributed by atoms with Crippen LogP contribution in [-0.2, 0) is 16.6 Å². The van der Waals surface area contributed by atoms with Crippen LogP contribution in [0.4, 0.5) is 11.8 Å². The third-order valence-electron chi connectivity index (χ3n) is 8.38. The zero-order valence-corrected chi connectivity index (χ0v) is 25.5. The number of hydrogen-bond acceptors (Lipinski definition) is 13. The van der Waals surface area contributed by atoms with Gasteiger partial charge in [-0.05, 0) is 35.6 Å². The minimum absolute atomic E-state index is 0.0212. The van der Waals surface area contributed by atoms with Gasteiger partial charge in [-0.1, -0.05) is 60.7 Å². The zero-order valence-electron chi connectivity index (χ0n) is 25.5. The summed E-state index contributed by atoms with van der Waals surface area (Å²) in [6.45, 7) is 0.264. The molecule has 2 fully saturated rings. The highest BCUT2D eigenvalue weighted by Crippen LogP contribution is 2.39. The lowest BCUT2D eigenvalue weighted by Crippen LogP contribution is -2.30. The quantitative estimate of drug-likeness (QED) is 0.126. The average molecular weight is 645 g/mol. The number of tetrazole rings is 1. The Morgan fingerprint density at radius 1 is 1.00 bits per heavy atom. The van der Waals surface area contributed by atoms with Crippen molar-refractivity contribution in [3.8, 4) is 0 Å². The lowest BCUT2D eigenvalue weighted by Gasteiger charge is -2.21. The number of aryl methyl sites for hydroxylation is 1. The molecule has 1 saturated carbocycles. The standard InChI is InChI=1S/C30H34N10O4.CH2O2/c1-39-37-27(36-38-39)25-23(42)24(43)29(44-25)40-16-32-22-26(34-30(35-28(22)40)33-20-13-8-14-21(20)41)31-15-19(17-9-4-2-5-10-17)18-11-6-3-7-12-18;2-1-3/h2-7,9-12,16,19-21,23-25,29,41-43H,8,13-15H2,1H3,(H2,31,33,34,35);1H,(H,2,3)/t20-,21-,23+,24-,25+,29-;/m1./s1. The Morgan fingerprint density at radius 2 is 1.68 bits per heavy atom. The monoisotopic (exact) mass is 644 g/mol. The van der Waals surface area contributed by atoms with Crippen LogP contribution < -0.4 is 10.6 Å². The third-order valence-corrected chi connectivity index (χ3v) is 8.38. The Kier molecular flexibility index (Phi) is 9.63. The van der Waals surface area contributed by atoms with Crippen LogP contribution in [0.5, 0.6) is 0 Å². The third kappa shape index (κ3) is 6.76. The van der Waals surface area contributed by atoms with Crippen molar-refractivity contribution in [2.45, 2.75) is 61.9 Å². The summed E-state index contributed by atoms with van der Waals surface area (Å²) in [6.07, 6.45) is -1.25. The van der Waals surface area contributed by atoms with Crippen molar-refractivity contribution in [1.29, 1.82) is 0 Å². The number of aromatic nitrogens is 8. The minimum atomic E-state index is -1.32. The van der Waals surface area contributed by atoms with Crippen LogP contribution in [0, 0.1) is 0 Å². The van der Waals surface area contributed by atoms with E-state index in [4.69, 9.17) is 24.6 Å². The molecule has 0 bridgehead atoms. The molecule has 1 aliphatic heterocycles. The Morgan fingerprint density at radius 3 is 2.28 bits per heavy atom. The Bertz CT molecular complexity index is 1730. The van der Waals surface area contributed by atoms with Crippen molar-refractivity contribution in [2.75, 3.05) is 17.2 Å². The first-order valence-electron chi connectivity index (χ1n) is 15.2. The summed E-state index contributed by atoms with van der Waals surface area (Å²) < 4.78 is 7.66. The molecule has 2 aliphatic rings. The summed E-state index contributed by atoms with van der Waals surface area (Å²) in [6, 6.07) is 20.3. The van der Waals surface area contributed by atoms with Gasteiger partial charge in [0.25, 0.3) is 6.47 Å². The maximum atomic E-state index is 11.0. The van der Waals surface area contributed by atoms with Gasteiger partial charge in [-0.2, -0.15) is 14.8 Å². The molecule has 1 aliphatic carbocycles. The average Bonchev–Trinajstić information content (AvgIpc) is 3.87. The number of anilines is 2. The molecule has 6 atom stereocenters. The first-order valence-corrected chi connectivity index (χ1v) is 15.2. The number of aliphatic hydroxyl groups is 3. The molecule has 0 amide bonds. The van der Waals surface area contributed by atoms with E-state index in [1.54, 1.807) is 11.6 Å². The van der Waals surface area contributed by atoms with Gasteiger partial charge in [-0.25, -0.2) is 4.98 Å². The van der Waals surface area contributed by atoms with Crippen LogP contribution in [0.1, 0.15) is 54.5 Å². The van der Waals surface area contributed by atoms with E-state index >= 15 is 0 Å². The number of aliphatic hydroxyl groups excluding tert-OH is 3. The molecule has 16 heteroatoms. The fraction of sp³-hybridized carbons (Fsp3) is 0.387. The highest BCUT2D eigenvalue weighted by Gasteiger charge is 2.47. The number of hydrogen-bond donors (Lipinski definition) is 6. The molecule has 6 N–H and O–H groups in total. The van der Waals surface area contributed by atoms with E-state index in [-0.39, 0.29) is 24.3 Å². The van der Waals surface area contributed by atoms with Crippen molar-refractivity contribution in [2.24, 2.45) is 7.05 Å². The van der Waals surface area contributed by atoms with Gasteiger partial charge in [0.15, 0.2) is 29.3 Å². The maximum Gasteiger partial charge on any atom is 0.290 e. The molecule has 7 rings (SSSR count). The van der Waals surface area contributed by atoms with Crippen molar-refractivity contribution in [3.63, 3.8) is 0 Å². The summed E-state index contributed by atoms with van der Waals surface area (Å²) >= 11 is 0. The molecule has 47 heavy (non-hydrogen) atoms. The van der Waals surface area contributed by atoms with Crippen LogP contribution in [0.3, 0.4) is 0 Å². The number of rotatable bonds is 9. The van der Waals surface area contributed by atoms with Gasteiger partial charge in [-0.15, -0.1) is 10.2 Å². The molecule has 3 aromatic heterocycles. The molecule has 0 spiro atoms. The second-order valence-corrected chi connectivity index (χ2v) is 11.4. The van der Waals surface area contributed by atoms with Gasteiger partial charge in [0.05, 0.1) is 25.5 Å². The van der Waals surface area contributed by atoms with Crippen LogP contribution >= 0.6 is 0 Å². The molecule has 2 aromatic carbocycles.